The van der Waals surface area contributed by atoms with Crippen LogP contribution in [0.5, 0.6) is 0 Å². The Balaban J connectivity index is 1.72. The van der Waals surface area contributed by atoms with Crippen molar-refractivity contribution in [2.75, 3.05) is 6.61 Å². The summed E-state index contributed by atoms with van der Waals surface area (Å²) in [5.74, 6) is 0.00454. The van der Waals surface area contributed by atoms with Gasteiger partial charge in [0.05, 0.1) is 24.8 Å². The lowest BCUT2D eigenvalue weighted by Crippen LogP contribution is -2.28. The Morgan fingerprint density at radius 2 is 2.16 bits per heavy atom. The van der Waals surface area contributed by atoms with Gasteiger partial charge in [-0.15, -0.1) is 0 Å². The van der Waals surface area contributed by atoms with Crippen LogP contribution in [-0.2, 0) is 14.3 Å². The summed E-state index contributed by atoms with van der Waals surface area (Å²) in [5.41, 5.74) is 1.21. The second-order valence-electron chi connectivity index (χ2n) is 6.18. The number of carbonyl (C=O) groups is 2. The summed E-state index contributed by atoms with van der Waals surface area (Å²) < 4.78 is 14.6. The van der Waals surface area contributed by atoms with E-state index < -0.39 is 6.29 Å². The average Bonchev–Trinajstić information content (AvgIpc) is 3.15. The molecule has 2 bridgehead atoms. The molecule has 2 fully saturated rings. The number of Topliss-reactive ketones (excluding diaryl/α,β-unsaturated/α-hetero) is 2. The van der Waals surface area contributed by atoms with Crippen molar-refractivity contribution >= 4 is 23.8 Å². The molecule has 0 N–H and O–H groups in total. The molecule has 1 aromatic heterocycles. The number of hydrogen-bond acceptors (Lipinski definition) is 7. The van der Waals surface area contributed by atoms with Crippen molar-refractivity contribution in [1.29, 1.82) is 0 Å². The zero-order chi connectivity index (χ0) is 17.6. The number of benzene rings is 1. The normalized spacial score (nSPS) is 25.8. The Hall–Kier alpha value is -2.23. The van der Waals surface area contributed by atoms with Crippen molar-refractivity contribution in [3.05, 3.63) is 34.6 Å². The average molecular weight is 360 g/mol. The molecule has 3 atom stereocenters. The fourth-order valence-electron chi connectivity index (χ4n) is 3.15. The minimum absolute atomic E-state index is 0.0438. The van der Waals surface area contributed by atoms with Gasteiger partial charge in [0, 0.05) is 12.0 Å². The molecule has 2 aliphatic heterocycles. The highest BCUT2D eigenvalue weighted by molar-refractivity contribution is 7.71. The zero-order valence-corrected chi connectivity index (χ0v) is 14.3. The van der Waals surface area contributed by atoms with Gasteiger partial charge in [-0.1, -0.05) is 12.1 Å². The third-order valence-electron chi connectivity index (χ3n) is 4.45. The summed E-state index contributed by atoms with van der Waals surface area (Å²) in [5, 5.41) is 8.24. The number of nitrogens with zero attached hydrogens (tertiary/aromatic N) is 4. The molecule has 2 saturated heterocycles. The number of carbonyl (C=O) groups excluding carboxylic acids is 2. The Morgan fingerprint density at radius 1 is 1.32 bits per heavy atom. The Kier molecular flexibility index (Phi) is 4.06. The third-order valence-corrected chi connectivity index (χ3v) is 4.81. The molecular formula is C16H16N4O4S. The van der Waals surface area contributed by atoms with Crippen molar-refractivity contribution in [3.63, 3.8) is 0 Å². The topological polar surface area (TPSA) is 88.2 Å². The van der Waals surface area contributed by atoms with Crippen LogP contribution in [0.2, 0.25) is 0 Å². The molecule has 0 radical (unpaired) electrons. The summed E-state index contributed by atoms with van der Waals surface area (Å²) in [6.45, 7) is 1.90. The first-order valence-electron chi connectivity index (χ1n) is 7.97. The molecule has 0 spiro atoms. The van der Waals surface area contributed by atoms with Gasteiger partial charge in [0.2, 0.25) is 4.77 Å². The molecule has 3 unspecified atom stereocenters. The van der Waals surface area contributed by atoms with E-state index in [0.29, 0.717) is 22.6 Å². The molecule has 4 rings (SSSR count). The molecule has 2 aromatic rings. The summed E-state index contributed by atoms with van der Waals surface area (Å²) >= 11 is 5.50. The van der Waals surface area contributed by atoms with Crippen molar-refractivity contribution < 1.29 is 19.1 Å². The van der Waals surface area contributed by atoms with Gasteiger partial charge in [0.15, 0.2) is 12.1 Å². The summed E-state index contributed by atoms with van der Waals surface area (Å²) in [6, 6.07) is 6.65. The number of aromatic nitrogens is 4. The standard InChI is InChI=1S/C16H16N4O4S/c1-9(21)10-3-2-4-11(5-10)19-16(25)20(18-17-19)13-6-12(22)7-15-23-8-14(13)24-15/h2-5,13-15H,6-8H2,1H3. The molecule has 0 saturated carbocycles. The van der Waals surface area contributed by atoms with E-state index in [9.17, 15) is 9.59 Å². The van der Waals surface area contributed by atoms with E-state index in [1.54, 1.807) is 24.3 Å². The van der Waals surface area contributed by atoms with Crippen LogP contribution in [0.4, 0.5) is 0 Å². The first-order chi connectivity index (χ1) is 12.0. The van der Waals surface area contributed by atoms with Gasteiger partial charge in [0.25, 0.3) is 0 Å². The number of ketones is 2. The van der Waals surface area contributed by atoms with Crippen LogP contribution in [0.1, 0.15) is 36.2 Å². The summed E-state index contributed by atoms with van der Waals surface area (Å²) in [6.07, 6.45) is -0.226. The monoisotopic (exact) mass is 360 g/mol. The molecule has 3 heterocycles. The van der Waals surface area contributed by atoms with Crippen LogP contribution < -0.4 is 0 Å². The van der Waals surface area contributed by atoms with Gasteiger partial charge < -0.3 is 9.47 Å². The number of rotatable bonds is 3. The third kappa shape index (κ3) is 2.94. The van der Waals surface area contributed by atoms with Crippen LogP contribution in [-0.4, -0.2) is 50.4 Å². The first kappa shape index (κ1) is 16.2. The van der Waals surface area contributed by atoms with Crippen LogP contribution in [0, 0.1) is 4.77 Å². The molecule has 130 valence electrons. The van der Waals surface area contributed by atoms with E-state index in [0.717, 1.165) is 0 Å². The quantitative estimate of drug-likeness (QED) is 0.607. The lowest BCUT2D eigenvalue weighted by molar-refractivity contribution is -0.125. The lowest BCUT2D eigenvalue weighted by atomic mass is 10.0. The second kappa shape index (κ2) is 6.25. The fraction of sp³-hybridized carbons (Fsp3) is 0.438. The van der Waals surface area contributed by atoms with E-state index in [2.05, 4.69) is 10.4 Å². The van der Waals surface area contributed by atoms with Crippen molar-refractivity contribution in [3.8, 4) is 5.69 Å². The Labute approximate surface area is 148 Å². The van der Waals surface area contributed by atoms with Crippen molar-refractivity contribution in [2.24, 2.45) is 0 Å². The van der Waals surface area contributed by atoms with Crippen LogP contribution in [0.15, 0.2) is 24.3 Å². The molecule has 9 heteroatoms. The molecular weight excluding hydrogens is 344 g/mol. The highest BCUT2D eigenvalue weighted by atomic mass is 32.1. The molecule has 25 heavy (non-hydrogen) atoms. The highest BCUT2D eigenvalue weighted by Gasteiger charge is 2.40. The van der Waals surface area contributed by atoms with E-state index in [1.807, 2.05) is 0 Å². The maximum atomic E-state index is 12.1. The maximum absolute atomic E-state index is 12.1. The molecule has 8 nitrogen and oxygen atoms in total. The van der Waals surface area contributed by atoms with Crippen LogP contribution in [0.3, 0.4) is 0 Å². The highest BCUT2D eigenvalue weighted by Crippen LogP contribution is 2.31. The van der Waals surface area contributed by atoms with E-state index in [1.165, 1.54) is 16.3 Å². The largest absolute Gasteiger partial charge is 0.349 e. The summed E-state index contributed by atoms with van der Waals surface area (Å²) in [7, 11) is 0. The number of hydrogen-bond donors (Lipinski definition) is 0. The SMILES string of the molecule is CC(=O)c1cccc(-n2nnn(C3CC(=O)CC4OCC3O4)c2=S)c1. The lowest BCUT2D eigenvalue weighted by Gasteiger charge is -2.18. The van der Waals surface area contributed by atoms with Crippen molar-refractivity contribution in [1.82, 2.24) is 19.8 Å². The molecule has 1 aromatic carbocycles. The number of fused-ring (bicyclic) bond motifs is 2. The van der Waals surface area contributed by atoms with Crippen LogP contribution in [0.25, 0.3) is 5.69 Å². The minimum Gasteiger partial charge on any atom is -0.349 e. The van der Waals surface area contributed by atoms with E-state index >= 15 is 0 Å². The van der Waals surface area contributed by atoms with E-state index in [-0.39, 0.29) is 36.6 Å². The predicted octanol–water partition coefficient (Wildman–Crippen LogP) is 1.65. The van der Waals surface area contributed by atoms with Gasteiger partial charge in [-0.2, -0.15) is 4.68 Å². The van der Waals surface area contributed by atoms with Gasteiger partial charge in [0.1, 0.15) is 11.9 Å². The van der Waals surface area contributed by atoms with Crippen molar-refractivity contribution in [2.45, 2.75) is 38.2 Å². The van der Waals surface area contributed by atoms with Gasteiger partial charge >= 0.3 is 0 Å². The zero-order valence-electron chi connectivity index (χ0n) is 13.5. The van der Waals surface area contributed by atoms with Gasteiger partial charge in [-0.25, -0.2) is 4.68 Å². The van der Waals surface area contributed by atoms with Gasteiger partial charge in [-0.05, 0) is 41.7 Å². The van der Waals surface area contributed by atoms with Gasteiger partial charge in [-0.3, -0.25) is 9.59 Å². The Bertz CT molecular complexity index is 906. The van der Waals surface area contributed by atoms with E-state index in [4.69, 9.17) is 21.7 Å². The predicted molar refractivity (Wildman–Crippen MR) is 88.1 cm³/mol. The molecule has 0 aliphatic carbocycles. The number of ether oxygens (including phenoxy) is 2. The Morgan fingerprint density at radius 3 is 2.96 bits per heavy atom. The maximum Gasteiger partial charge on any atom is 0.221 e. The number of tetrazole rings is 1. The molecule has 2 aliphatic rings. The minimum atomic E-state index is -0.473. The fourth-order valence-corrected chi connectivity index (χ4v) is 3.46. The molecule has 0 amide bonds. The summed E-state index contributed by atoms with van der Waals surface area (Å²) in [4.78, 5) is 23.6. The first-order valence-corrected chi connectivity index (χ1v) is 8.38. The second-order valence-corrected chi connectivity index (χ2v) is 6.54. The smallest absolute Gasteiger partial charge is 0.221 e. The van der Waals surface area contributed by atoms with Crippen LogP contribution >= 0.6 is 12.2 Å².